The Hall–Kier alpha value is -3.02. The van der Waals surface area contributed by atoms with Gasteiger partial charge < -0.3 is 19.4 Å². The van der Waals surface area contributed by atoms with Crippen LogP contribution in [0.3, 0.4) is 0 Å². The van der Waals surface area contributed by atoms with Gasteiger partial charge in [-0.25, -0.2) is 9.78 Å². The monoisotopic (exact) mass is 324 g/mol. The van der Waals surface area contributed by atoms with Crippen LogP contribution in [-0.2, 0) is 6.54 Å². The first-order valence-electron chi connectivity index (χ1n) is 7.82. The van der Waals surface area contributed by atoms with Crippen LogP contribution in [0, 0.1) is 0 Å². The van der Waals surface area contributed by atoms with Gasteiger partial charge in [0.2, 0.25) is 0 Å². The first-order valence-corrected chi connectivity index (χ1v) is 7.82. The van der Waals surface area contributed by atoms with Gasteiger partial charge in [0.05, 0.1) is 25.5 Å². The molecule has 0 aliphatic rings. The summed E-state index contributed by atoms with van der Waals surface area (Å²) in [6, 6.07) is 13.0. The molecule has 0 fully saturated rings. The van der Waals surface area contributed by atoms with Crippen molar-refractivity contribution in [2.45, 2.75) is 13.5 Å². The van der Waals surface area contributed by atoms with E-state index in [1.54, 1.807) is 24.3 Å². The second-order valence-corrected chi connectivity index (χ2v) is 5.35. The SMILES string of the molecule is CCN(Cc1cnc2ccccn12)C(=O)Nc1cccc(OC)c1. The molecule has 3 rings (SSSR count). The summed E-state index contributed by atoms with van der Waals surface area (Å²) in [4.78, 5) is 18.6. The molecule has 0 aliphatic heterocycles. The Morgan fingerprint density at radius 1 is 1.29 bits per heavy atom. The van der Waals surface area contributed by atoms with Gasteiger partial charge in [-0.3, -0.25) is 0 Å². The quantitative estimate of drug-likeness (QED) is 0.782. The van der Waals surface area contributed by atoms with E-state index in [9.17, 15) is 4.79 Å². The van der Waals surface area contributed by atoms with E-state index >= 15 is 0 Å². The number of imidazole rings is 1. The minimum atomic E-state index is -0.156. The van der Waals surface area contributed by atoms with Gasteiger partial charge in [0, 0.05) is 24.5 Å². The lowest BCUT2D eigenvalue weighted by Gasteiger charge is -2.21. The average molecular weight is 324 g/mol. The van der Waals surface area contributed by atoms with Crippen molar-refractivity contribution in [1.82, 2.24) is 14.3 Å². The highest BCUT2D eigenvalue weighted by atomic mass is 16.5. The van der Waals surface area contributed by atoms with Gasteiger partial charge in [0.15, 0.2) is 0 Å². The topological polar surface area (TPSA) is 58.9 Å². The molecular weight excluding hydrogens is 304 g/mol. The zero-order chi connectivity index (χ0) is 16.9. The number of fused-ring (bicyclic) bond motifs is 1. The number of carbonyl (C=O) groups excluding carboxylic acids is 1. The summed E-state index contributed by atoms with van der Waals surface area (Å²) in [6.45, 7) is 3.03. The molecule has 0 saturated heterocycles. The molecular formula is C18H20N4O2. The van der Waals surface area contributed by atoms with E-state index in [1.165, 1.54) is 0 Å². The van der Waals surface area contributed by atoms with Gasteiger partial charge in [0.25, 0.3) is 0 Å². The normalized spacial score (nSPS) is 10.6. The lowest BCUT2D eigenvalue weighted by Crippen LogP contribution is -2.34. The summed E-state index contributed by atoms with van der Waals surface area (Å²) in [6.07, 6.45) is 3.75. The van der Waals surface area contributed by atoms with E-state index in [-0.39, 0.29) is 6.03 Å². The van der Waals surface area contributed by atoms with E-state index in [0.717, 1.165) is 11.3 Å². The largest absolute Gasteiger partial charge is 0.497 e. The van der Waals surface area contributed by atoms with Gasteiger partial charge in [-0.1, -0.05) is 12.1 Å². The smallest absolute Gasteiger partial charge is 0.322 e. The third kappa shape index (κ3) is 3.32. The number of nitrogens with zero attached hydrogens (tertiary/aromatic N) is 3. The molecule has 6 heteroatoms. The predicted molar refractivity (Wildman–Crippen MR) is 93.3 cm³/mol. The number of hydrogen-bond donors (Lipinski definition) is 1. The molecule has 2 amide bonds. The number of rotatable bonds is 5. The number of pyridine rings is 1. The summed E-state index contributed by atoms with van der Waals surface area (Å²) in [5, 5.41) is 2.91. The number of hydrogen-bond acceptors (Lipinski definition) is 3. The molecule has 0 radical (unpaired) electrons. The highest BCUT2D eigenvalue weighted by Crippen LogP contribution is 2.17. The summed E-state index contributed by atoms with van der Waals surface area (Å²) in [7, 11) is 1.60. The molecule has 0 unspecified atom stereocenters. The standard InChI is InChI=1S/C18H20N4O2/c1-3-21(13-15-12-19-17-9-4-5-10-22(15)17)18(23)20-14-7-6-8-16(11-14)24-2/h4-12H,3,13H2,1-2H3,(H,20,23). The molecule has 6 nitrogen and oxygen atoms in total. The second-order valence-electron chi connectivity index (χ2n) is 5.35. The molecule has 2 heterocycles. The van der Waals surface area contributed by atoms with E-state index in [0.29, 0.717) is 24.5 Å². The Kier molecular flexibility index (Phi) is 4.65. The van der Waals surface area contributed by atoms with Crippen molar-refractivity contribution in [3.05, 3.63) is 60.6 Å². The van der Waals surface area contributed by atoms with Crippen molar-refractivity contribution in [3.8, 4) is 5.75 Å². The van der Waals surface area contributed by atoms with E-state index < -0.39 is 0 Å². The van der Waals surface area contributed by atoms with E-state index in [1.807, 2.05) is 53.9 Å². The van der Waals surface area contributed by atoms with Crippen molar-refractivity contribution in [3.63, 3.8) is 0 Å². The summed E-state index contributed by atoms with van der Waals surface area (Å²) in [5.74, 6) is 0.706. The van der Waals surface area contributed by atoms with E-state index in [2.05, 4.69) is 10.3 Å². The van der Waals surface area contributed by atoms with Crippen LogP contribution < -0.4 is 10.1 Å². The number of ether oxygens (including phenoxy) is 1. The Labute approximate surface area is 140 Å². The molecule has 0 atom stereocenters. The van der Waals surface area contributed by atoms with Crippen LogP contribution in [0.5, 0.6) is 5.75 Å². The van der Waals surface area contributed by atoms with Crippen molar-refractivity contribution in [2.24, 2.45) is 0 Å². The Balaban J connectivity index is 1.74. The molecule has 3 aromatic rings. The second kappa shape index (κ2) is 7.04. The lowest BCUT2D eigenvalue weighted by atomic mass is 10.3. The van der Waals surface area contributed by atoms with Gasteiger partial charge in [0.1, 0.15) is 11.4 Å². The zero-order valence-electron chi connectivity index (χ0n) is 13.8. The molecule has 0 bridgehead atoms. The highest BCUT2D eigenvalue weighted by molar-refractivity contribution is 5.89. The first-order chi connectivity index (χ1) is 11.7. The summed E-state index contributed by atoms with van der Waals surface area (Å²) < 4.78 is 7.17. The van der Waals surface area contributed by atoms with E-state index in [4.69, 9.17) is 4.74 Å². The molecule has 2 aromatic heterocycles. The van der Waals surface area contributed by atoms with Crippen LogP contribution in [-0.4, -0.2) is 34.0 Å². The number of amides is 2. The van der Waals surface area contributed by atoms with Crippen molar-refractivity contribution >= 4 is 17.4 Å². The molecule has 0 aliphatic carbocycles. The molecule has 24 heavy (non-hydrogen) atoms. The van der Waals surface area contributed by atoms with Crippen LogP contribution in [0.1, 0.15) is 12.6 Å². The van der Waals surface area contributed by atoms with Crippen LogP contribution in [0.4, 0.5) is 10.5 Å². The fraction of sp³-hybridized carbons (Fsp3) is 0.222. The van der Waals surface area contributed by atoms with Crippen LogP contribution in [0.15, 0.2) is 54.9 Å². The minimum absolute atomic E-state index is 0.156. The Morgan fingerprint density at radius 3 is 2.96 bits per heavy atom. The molecule has 0 spiro atoms. The van der Waals surface area contributed by atoms with Gasteiger partial charge in [-0.05, 0) is 31.2 Å². The lowest BCUT2D eigenvalue weighted by molar-refractivity contribution is 0.211. The van der Waals surface area contributed by atoms with Crippen LogP contribution in [0.25, 0.3) is 5.65 Å². The maximum atomic E-state index is 12.5. The van der Waals surface area contributed by atoms with Crippen LogP contribution in [0.2, 0.25) is 0 Å². The number of aromatic nitrogens is 2. The number of benzene rings is 1. The average Bonchev–Trinajstić information content (AvgIpc) is 3.02. The predicted octanol–water partition coefficient (Wildman–Crippen LogP) is 3.40. The van der Waals surface area contributed by atoms with Gasteiger partial charge in [-0.2, -0.15) is 0 Å². The van der Waals surface area contributed by atoms with Gasteiger partial charge >= 0.3 is 6.03 Å². The van der Waals surface area contributed by atoms with Crippen molar-refractivity contribution in [1.29, 1.82) is 0 Å². The fourth-order valence-electron chi connectivity index (χ4n) is 2.53. The fourth-order valence-corrected chi connectivity index (χ4v) is 2.53. The summed E-state index contributed by atoms with van der Waals surface area (Å²) in [5.41, 5.74) is 2.54. The van der Waals surface area contributed by atoms with Crippen LogP contribution >= 0.6 is 0 Å². The Bertz CT molecular complexity index is 844. The zero-order valence-corrected chi connectivity index (χ0v) is 13.8. The maximum Gasteiger partial charge on any atom is 0.322 e. The number of methoxy groups -OCH3 is 1. The third-order valence-corrected chi connectivity index (χ3v) is 3.84. The summed E-state index contributed by atoms with van der Waals surface area (Å²) >= 11 is 0. The third-order valence-electron chi connectivity index (χ3n) is 3.84. The first kappa shape index (κ1) is 15.9. The minimum Gasteiger partial charge on any atom is -0.497 e. The van der Waals surface area contributed by atoms with Crippen molar-refractivity contribution < 1.29 is 9.53 Å². The molecule has 1 aromatic carbocycles. The number of nitrogens with one attached hydrogen (secondary N) is 1. The molecule has 1 N–H and O–H groups in total. The van der Waals surface area contributed by atoms with Crippen molar-refractivity contribution in [2.75, 3.05) is 19.0 Å². The maximum absolute atomic E-state index is 12.5. The molecule has 0 saturated carbocycles. The Morgan fingerprint density at radius 2 is 2.17 bits per heavy atom. The number of carbonyl (C=O) groups is 1. The highest BCUT2D eigenvalue weighted by Gasteiger charge is 2.14. The van der Waals surface area contributed by atoms with Gasteiger partial charge in [-0.15, -0.1) is 0 Å². The number of anilines is 1. The number of urea groups is 1. The molecule has 124 valence electrons.